The molecule has 0 aliphatic rings. The predicted molar refractivity (Wildman–Crippen MR) is 102 cm³/mol. The minimum Gasteiger partial charge on any atom is -0.352 e. The van der Waals surface area contributed by atoms with E-state index in [-0.39, 0.29) is 35.7 Å². The largest absolute Gasteiger partial charge is 0.352 e. The first kappa shape index (κ1) is 20.6. The van der Waals surface area contributed by atoms with Gasteiger partial charge in [0.1, 0.15) is 0 Å². The van der Waals surface area contributed by atoms with E-state index in [1.165, 1.54) is 12.1 Å². The summed E-state index contributed by atoms with van der Waals surface area (Å²) in [5.41, 5.74) is 1.33. The van der Waals surface area contributed by atoms with Crippen LogP contribution in [0.1, 0.15) is 35.3 Å². The van der Waals surface area contributed by atoms with Gasteiger partial charge in [0, 0.05) is 25.6 Å². The molecule has 7 nitrogen and oxygen atoms in total. The molecule has 0 fully saturated rings. The summed E-state index contributed by atoms with van der Waals surface area (Å²) in [5, 5.41) is 7.81. The number of nitrogens with zero attached hydrogens (tertiary/aromatic N) is 1. The Kier molecular flexibility index (Phi) is 6.70. The van der Waals surface area contributed by atoms with Crippen LogP contribution < -0.4 is 10.5 Å². The molecular weight excluding hydrogens is 366 g/mol. The third-order valence-corrected chi connectivity index (χ3v) is 5.26. The van der Waals surface area contributed by atoms with E-state index in [4.69, 9.17) is 5.14 Å². The second-order valence-electron chi connectivity index (χ2n) is 6.17. The highest BCUT2D eigenvalue weighted by Crippen LogP contribution is 2.21. The number of nitrogens with two attached hydrogens (primary N) is 1. The second-order valence-corrected chi connectivity index (χ2v) is 7.73. The monoisotopic (exact) mass is 389 g/mol. The molecule has 1 unspecified atom stereocenters. The normalized spacial score (nSPS) is 12.3. The van der Waals surface area contributed by atoms with Gasteiger partial charge in [0.25, 0.3) is 5.91 Å². The molecule has 0 bridgehead atoms. The van der Waals surface area contributed by atoms with Crippen LogP contribution in [-0.4, -0.2) is 38.7 Å². The molecular formula is C19H23N3O4S. The Hall–Kier alpha value is -2.71. The number of hydrogen-bond donors (Lipinski definition) is 2. The van der Waals surface area contributed by atoms with E-state index in [0.29, 0.717) is 5.56 Å². The molecule has 8 heteroatoms. The van der Waals surface area contributed by atoms with Crippen LogP contribution in [0.3, 0.4) is 0 Å². The van der Waals surface area contributed by atoms with Gasteiger partial charge in [0.15, 0.2) is 0 Å². The van der Waals surface area contributed by atoms with Crippen LogP contribution in [0, 0.1) is 0 Å². The third-order valence-electron chi connectivity index (χ3n) is 4.33. The molecule has 2 aromatic rings. The summed E-state index contributed by atoms with van der Waals surface area (Å²) >= 11 is 0. The van der Waals surface area contributed by atoms with E-state index >= 15 is 0 Å². The van der Waals surface area contributed by atoms with Crippen molar-refractivity contribution in [1.29, 1.82) is 0 Å². The van der Waals surface area contributed by atoms with Crippen molar-refractivity contribution in [1.82, 2.24) is 10.2 Å². The standard InChI is InChI=1S/C19H23N3O4S/c1-14(15-8-10-17(11-9-15)27(20,25)26)22(2)18(23)12-13-21-19(24)16-6-4-3-5-7-16/h3-11,14H,12-13H2,1-2H3,(H,21,24)(H2,20,25,26). The van der Waals surface area contributed by atoms with Gasteiger partial charge < -0.3 is 10.2 Å². The van der Waals surface area contributed by atoms with Crippen LogP contribution in [0.2, 0.25) is 0 Å². The molecule has 2 rings (SSSR count). The lowest BCUT2D eigenvalue weighted by Gasteiger charge is -2.25. The molecule has 0 spiro atoms. The average molecular weight is 389 g/mol. The molecule has 144 valence electrons. The van der Waals surface area contributed by atoms with Crippen molar-refractivity contribution in [3.8, 4) is 0 Å². The Morgan fingerprint density at radius 1 is 1.07 bits per heavy atom. The van der Waals surface area contributed by atoms with Crippen molar-refractivity contribution in [3.05, 3.63) is 65.7 Å². The molecule has 3 N–H and O–H groups in total. The molecule has 2 aromatic carbocycles. The van der Waals surface area contributed by atoms with Gasteiger partial charge in [0.2, 0.25) is 15.9 Å². The lowest BCUT2D eigenvalue weighted by Crippen LogP contribution is -2.33. The fourth-order valence-corrected chi connectivity index (χ4v) is 3.04. The van der Waals surface area contributed by atoms with Crippen LogP contribution in [0.5, 0.6) is 0 Å². The van der Waals surface area contributed by atoms with Gasteiger partial charge in [-0.1, -0.05) is 30.3 Å². The third kappa shape index (κ3) is 5.63. The van der Waals surface area contributed by atoms with E-state index in [1.807, 2.05) is 13.0 Å². The van der Waals surface area contributed by atoms with Crippen molar-refractivity contribution in [2.45, 2.75) is 24.3 Å². The first-order chi connectivity index (χ1) is 12.7. The van der Waals surface area contributed by atoms with Crippen LogP contribution in [0.15, 0.2) is 59.5 Å². The number of primary sulfonamides is 1. The Morgan fingerprint density at radius 3 is 2.22 bits per heavy atom. The summed E-state index contributed by atoms with van der Waals surface area (Å²) in [6.45, 7) is 2.07. The summed E-state index contributed by atoms with van der Waals surface area (Å²) in [6.07, 6.45) is 0.161. The fraction of sp³-hybridized carbons (Fsp3) is 0.263. The van der Waals surface area contributed by atoms with Crippen molar-refractivity contribution in [3.63, 3.8) is 0 Å². The molecule has 0 aromatic heterocycles. The molecule has 27 heavy (non-hydrogen) atoms. The molecule has 0 saturated heterocycles. The molecule has 0 radical (unpaired) electrons. The summed E-state index contributed by atoms with van der Waals surface area (Å²) in [6, 6.07) is 14.6. The van der Waals surface area contributed by atoms with Crippen molar-refractivity contribution < 1.29 is 18.0 Å². The van der Waals surface area contributed by atoms with Gasteiger partial charge >= 0.3 is 0 Å². The number of nitrogens with one attached hydrogen (secondary N) is 1. The van der Waals surface area contributed by atoms with E-state index in [0.717, 1.165) is 5.56 Å². The Bertz CT molecular complexity index is 896. The summed E-state index contributed by atoms with van der Waals surface area (Å²) < 4.78 is 22.6. The van der Waals surface area contributed by atoms with Gasteiger partial charge in [-0.05, 0) is 36.8 Å². The first-order valence-electron chi connectivity index (χ1n) is 8.42. The molecule has 0 saturated carbocycles. The van der Waals surface area contributed by atoms with Crippen molar-refractivity contribution >= 4 is 21.8 Å². The minimum atomic E-state index is -3.75. The van der Waals surface area contributed by atoms with Crippen molar-refractivity contribution in [2.24, 2.45) is 5.14 Å². The van der Waals surface area contributed by atoms with Gasteiger partial charge in [0.05, 0.1) is 10.9 Å². The highest BCUT2D eigenvalue weighted by Gasteiger charge is 2.18. The highest BCUT2D eigenvalue weighted by atomic mass is 32.2. The van der Waals surface area contributed by atoms with Gasteiger partial charge in [-0.2, -0.15) is 0 Å². The van der Waals surface area contributed by atoms with Gasteiger partial charge in [-0.15, -0.1) is 0 Å². The number of benzene rings is 2. The van der Waals surface area contributed by atoms with Crippen LogP contribution in [0.25, 0.3) is 0 Å². The SMILES string of the molecule is CC(c1ccc(S(N)(=O)=O)cc1)N(C)C(=O)CCNC(=O)c1ccccc1. The Morgan fingerprint density at radius 2 is 1.67 bits per heavy atom. The molecule has 0 aliphatic heterocycles. The van der Waals surface area contributed by atoms with Gasteiger partial charge in [-0.25, -0.2) is 13.6 Å². The van der Waals surface area contributed by atoms with Crippen LogP contribution in [0.4, 0.5) is 0 Å². The Labute approximate surface area is 159 Å². The summed E-state index contributed by atoms with van der Waals surface area (Å²) in [4.78, 5) is 25.9. The number of sulfonamides is 1. The molecule has 0 heterocycles. The van der Waals surface area contributed by atoms with Crippen molar-refractivity contribution in [2.75, 3.05) is 13.6 Å². The lowest BCUT2D eigenvalue weighted by molar-refractivity contribution is -0.131. The van der Waals surface area contributed by atoms with Crippen LogP contribution >= 0.6 is 0 Å². The zero-order chi connectivity index (χ0) is 20.0. The number of carbonyl (C=O) groups excluding carboxylic acids is 2. The van der Waals surface area contributed by atoms with E-state index < -0.39 is 10.0 Å². The van der Waals surface area contributed by atoms with Crippen LogP contribution in [-0.2, 0) is 14.8 Å². The molecule has 0 aliphatic carbocycles. The smallest absolute Gasteiger partial charge is 0.251 e. The Balaban J connectivity index is 1.89. The molecule has 1 atom stereocenters. The topological polar surface area (TPSA) is 110 Å². The average Bonchev–Trinajstić information content (AvgIpc) is 2.66. The first-order valence-corrected chi connectivity index (χ1v) is 9.96. The van der Waals surface area contributed by atoms with E-state index in [1.54, 1.807) is 48.3 Å². The number of carbonyl (C=O) groups is 2. The zero-order valence-corrected chi connectivity index (χ0v) is 16.1. The maximum atomic E-state index is 12.4. The summed E-state index contributed by atoms with van der Waals surface area (Å²) in [7, 11) is -2.08. The number of hydrogen-bond acceptors (Lipinski definition) is 4. The fourth-order valence-electron chi connectivity index (χ4n) is 2.53. The number of rotatable bonds is 7. The number of amides is 2. The second kappa shape index (κ2) is 8.79. The minimum absolute atomic E-state index is 0.0241. The molecule has 2 amide bonds. The quantitative estimate of drug-likeness (QED) is 0.750. The predicted octanol–water partition coefficient (Wildman–Crippen LogP) is 1.67. The van der Waals surface area contributed by atoms with E-state index in [2.05, 4.69) is 5.32 Å². The highest BCUT2D eigenvalue weighted by molar-refractivity contribution is 7.89. The maximum Gasteiger partial charge on any atom is 0.251 e. The summed E-state index contributed by atoms with van der Waals surface area (Å²) in [5.74, 6) is -0.357. The zero-order valence-electron chi connectivity index (χ0n) is 15.3. The lowest BCUT2D eigenvalue weighted by atomic mass is 10.1. The van der Waals surface area contributed by atoms with Gasteiger partial charge in [-0.3, -0.25) is 9.59 Å². The van der Waals surface area contributed by atoms with E-state index in [9.17, 15) is 18.0 Å². The maximum absolute atomic E-state index is 12.4.